The summed E-state index contributed by atoms with van der Waals surface area (Å²) in [6.07, 6.45) is -1.59. The Kier molecular flexibility index (Phi) is 5.44. The predicted octanol–water partition coefficient (Wildman–Crippen LogP) is 5.65. The zero-order valence-electron chi connectivity index (χ0n) is 18.9. The second-order valence-corrected chi connectivity index (χ2v) is 8.25. The fraction of sp³-hybridized carbons (Fsp3) is 0.185. The summed E-state index contributed by atoms with van der Waals surface area (Å²) in [7, 11) is 0. The SMILES string of the molecule is Cc1cc(C)nc(N(c2ccccc2)C(Oc2cccc3[nH]c4ccccc4c23)C(C)O)n1. The summed E-state index contributed by atoms with van der Waals surface area (Å²) in [5.41, 5.74) is 4.55. The molecule has 0 saturated heterocycles. The van der Waals surface area contributed by atoms with E-state index in [1.54, 1.807) is 6.92 Å². The molecule has 2 N–H and O–H groups in total. The average Bonchev–Trinajstić information content (AvgIpc) is 3.18. The quantitative estimate of drug-likeness (QED) is 0.335. The molecule has 0 aliphatic rings. The summed E-state index contributed by atoms with van der Waals surface area (Å²) >= 11 is 0. The molecule has 166 valence electrons. The topological polar surface area (TPSA) is 74.3 Å². The highest BCUT2D eigenvalue weighted by atomic mass is 16.5. The lowest BCUT2D eigenvalue weighted by Crippen LogP contribution is -2.45. The molecule has 3 aromatic carbocycles. The summed E-state index contributed by atoms with van der Waals surface area (Å²) in [5, 5.41) is 13.0. The molecular weight excluding hydrogens is 412 g/mol. The first-order valence-corrected chi connectivity index (χ1v) is 11.0. The van der Waals surface area contributed by atoms with E-state index in [1.807, 2.05) is 91.5 Å². The number of nitrogens with zero attached hydrogens (tertiary/aromatic N) is 3. The maximum Gasteiger partial charge on any atom is 0.233 e. The third-order valence-electron chi connectivity index (χ3n) is 5.63. The lowest BCUT2D eigenvalue weighted by Gasteiger charge is -2.34. The second-order valence-electron chi connectivity index (χ2n) is 8.25. The number of rotatable bonds is 6. The number of H-pyrrole nitrogens is 1. The van der Waals surface area contributed by atoms with E-state index in [9.17, 15) is 5.11 Å². The van der Waals surface area contributed by atoms with Gasteiger partial charge in [-0.05, 0) is 57.2 Å². The number of benzene rings is 3. The molecule has 0 radical (unpaired) electrons. The summed E-state index contributed by atoms with van der Waals surface area (Å²) in [6, 6.07) is 25.8. The van der Waals surface area contributed by atoms with Crippen LogP contribution in [0.5, 0.6) is 5.75 Å². The van der Waals surface area contributed by atoms with E-state index in [-0.39, 0.29) is 0 Å². The molecule has 0 saturated carbocycles. The fourth-order valence-corrected chi connectivity index (χ4v) is 4.24. The molecule has 6 nitrogen and oxygen atoms in total. The number of fused-ring (bicyclic) bond motifs is 3. The van der Waals surface area contributed by atoms with Crippen molar-refractivity contribution in [1.82, 2.24) is 15.0 Å². The first kappa shape index (κ1) is 21.0. The van der Waals surface area contributed by atoms with Crippen LogP contribution >= 0.6 is 0 Å². The van der Waals surface area contributed by atoms with Crippen LogP contribution in [0.2, 0.25) is 0 Å². The molecule has 2 heterocycles. The normalized spacial score (nSPS) is 13.2. The smallest absolute Gasteiger partial charge is 0.233 e. The maximum atomic E-state index is 10.9. The highest BCUT2D eigenvalue weighted by Gasteiger charge is 2.30. The minimum absolute atomic E-state index is 0.482. The van der Waals surface area contributed by atoms with Gasteiger partial charge in [-0.3, -0.25) is 4.90 Å². The summed E-state index contributed by atoms with van der Waals surface area (Å²) in [4.78, 5) is 14.7. The highest BCUT2D eigenvalue weighted by molar-refractivity contribution is 6.10. The minimum Gasteiger partial charge on any atom is -0.467 e. The molecule has 5 aromatic rings. The van der Waals surface area contributed by atoms with Crippen molar-refractivity contribution in [1.29, 1.82) is 0 Å². The van der Waals surface area contributed by atoms with Crippen LogP contribution in [0.1, 0.15) is 18.3 Å². The molecule has 5 rings (SSSR count). The van der Waals surface area contributed by atoms with Gasteiger partial charge < -0.3 is 14.8 Å². The number of hydrogen-bond donors (Lipinski definition) is 2. The standard InChI is InChI=1S/C27H26N4O2/c1-17-16-18(2)29-27(28-17)31(20-10-5-4-6-11-20)26(19(3)32)33-24-15-9-14-23-25(24)21-12-7-8-13-22(21)30-23/h4-16,19,26,30,32H,1-3H3. The summed E-state index contributed by atoms with van der Waals surface area (Å²) in [5.74, 6) is 1.16. The van der Waals surface area contributed by atoms with Crippen LogP contribution in [-0.4, -0.2) is 32.4 Å². The van der Waals surface area contributed by atoms with Crippen LogP contribution in [0.15, 0.2) is 78.9 Å². The molecule has 0 spiro atoms. The highest BCUT2D eigenvalue weighted by Crippen LogP contribution is 2.35. The van der Waals surface area contributed by atoms with Crippen LogP contribution in [0.3, 0.4) is 0 Å². The number of aliphatic hydroxyl groups excluding tert-OH is 1. The number of hydrogen-bond acceptors (Lipinski definition) is 5. The van der Waals surface area contributed by atoms with Crippen LogP contribution in [0, 0.1) is 13.8 Å². The largest absolute Gasteiger partial charge is 0.467 e. The second kappa shape index (κ2) is 8.56. The number of anilines is 2. The van der Waals surface area contributed by atoms with E-state index in [0.29, 0.717) is 11.7 Å². The molecular formula is C27H26N4O2. The Morgan fingerprint density at radius 3 is 2.24 bits per heavy atom. The Hall–Kier alpha value is -3.90. The Balaban J connectivity index is 1.66. The van der Waals surface area contributed by atoms with Gasteiger partial charge in [0.25, 0.3) is 0 Å². The summed E-state index contributed by atoms with van der Waals surface area (Å²) in [6.45, 7) is 5.59. The van der Waals surface area contributed by atoms with E-state index < -0.39 is 12.3 Å². The van der Waals surface area contributed by atoms with Gasteiger partial charge in [-0.1, -0.05) is 42.5 Å². The molecule has 6 heteroatoms. The molecule has 2 atom stereocenters. The Labute approximate surface area is 192 Å². The predicted molar refractivity (Wildman–Crippen MR) is 132 cm³/mol. The first-order valence-electron chi connectivity index (χ1n) is 11.0. The number of ether oxygens (including phenoxy) is 1. The van der Waals surface area contributed by atoms with Gasteiger partial charge >= 0.3 is 0 Å². The number of nitrogens with one attached hydrogen (secondary N) is 1. The third-order valence-corrected chi connectivity index (χ3v) is 5.63. The number of aromatic amines is 1. The Morgan fingerprint density at radius 2 is 1.52 bits per heavy atom. The van der Waals surface area contributed by atoms with E-state index in [0.717, 1.165) is 38.9 Å². The van der Waals surface area contributed by atoms with Crippen molar-refractivity contribution in [2.24, 2.45) is 0 Å². The van der Waals surface area contributed by atoms with Gasteiger partial charge in [0.1, 0.15) is 11.9 Å². The molecule has 0 fully saturated rings. The van der Waals surface area contributed by atoms with Gasteiger partial charge in [0.2, 0.25) is 12.2 Å². The van der Waals surface area contributed by atoms with Gasteiger partial charge in [-0.2, -0.15) is 0 Å². The maximum absolute atomic E-state index is 10.9. The van der Waals surface area contributed by atoms with Gasteiger partial charge in [0.15, 0.2) is 0 Å². The van der Waals surface area contributed by atoms with Gasteiger partial charge in [-0.25, -0.2) is 9.97 Å². The van der Waals surface area contributed by atoms with Crippen molar-refractivity contribution in [3.63, 3.8) is 0 Å². The van der Waals surface area contributed by atoms with E-state index in [1.165, 1.54) is 0 Å². The van der Waals surface area contributed by atoms with Crippen molar-refractivity contribution in [2.75, 3.05) is 4.90 Å². The molecule has 33 heavy (non-hydrogen) atoms. The minimum atomic E-state index is -0.838. The average molecular weight is 439 g/mol. The number of aliphatic hydroxyl groups is 1. The van der Waals surface area contributed by atoms with Crippen molar-refractivity contribution in [3.8, 4) is 5.75 Å². The Morgan fingerprint density at radius 1 is 0.848 bits per heavy atom. The van der Waals surface area contributed by atoms with Crippen molar-refractivity contribution < 1.29 is 9.84 Å². The van der Waals surface area contributed by atoms with Gasteiger partial charge in [0, 0.05) is 33.4 Å². The van der Waals surface area contributed by atoms with Gasteiger partial charge in [0.05, 0.1) is 5.52 Å². The molecule has 0 amide bonds. The zero-order chi connectivity index (χ0) is 22.9. The molecule has 0 aliphatic carbocycles. The van der Waals surface area contributed by atoms with Crippen molar-refractivity contribution in [2.45, 2.75) is 33.1 Å². The lowest BCUT2D eigenvalue weighted by atomic mass is 10.1. The Bertz CT molecular complexity index is 1390. The van der Waals surface area contributed by atoms with Crippen LogP contribution in [0.25, 0.3) is 21.8 Å². The third kappa shape index (κ3) is 4.01. The van der Waals surface area contributed by atoms with Gasteiger partial charge in [-0.15, -0.1) is 0 Å². The van der Waals surface area contributed by atoms with Crippen LogP contribution in [-0.2, 0) is 0 Å². The molecule has 0 bridgehead atoms. The number of aromatic nitrogens is 3. The van der Waals surface area contributed by atoms with E-state index >= 15 is 0 Å². The zero-order valence-corrected chi connectivity index (χ0v) is 18.9. The van der Waals surface area contributed by atoms with Crippen molar-refractivity contribution >= 4 is 33.4 Å². The van der Waals surface area contributed by atoms with E-state index in [4.69, 9.17) is 4.74 Å². The van der Waals surface area contributed by atoms with E-state index in [2.05, 4.69) is 21.0 Å². The number of para-hydroxylation sites is 2. The number of aryl methyl sites for hydroxylation is 2. The van der Waals surface area contributed by atoms with Crippen LogP contribution in [0.4, 0.5) is 11.6 Å². The fourth-order valence-electron chi connectivity index (χ4n) is 4.24. The first-order chi connectivity index (χ1) is 16.0. The monoisotopic (exact) mass is 438 g/mol. The lowest BCUT2D eigenvalue weighted by molar-refractivity contribution is 0.0531. The van der Waals surface area contributed by atoms with Crippen LogP contribution < -0.4 is 9.64 Å². The molecule has 2 aromatic heterocycles. The van der Waals surface area contributed by atoms with Crippen molar-refractivity contribution in [3.05, 3.63) is 90.3 Å². The molecule has 0 aliphatic heterocycles. The summed E-state index contributed by atoms with van der Waals surface area (Å²) < 4.78 is 6.58. The molecule has 2 unspecified atom stereocenters.